The lowest BCUT2D eigenvalue weighted by Gasteiger charge is -2.09. The van der Waals surface area contributed by atoms with E-state index in [0.717, 1.165) is 6.07 Å². The van der Waals surface area contributed by atoms with E-state index in [-0.39, 0.29) is 21.9 Å². The lowest BCUT2D eigenvalue weighted by molar-refractivity contribution is -0.275. The first-order valence-electron chi connectivity index (χ1n) is 5.83. The van der Waals surface area contributed by atoms with Gasteiger partial charge in [0, 0.05) is 10.8 Å². The first-order chi connectivity index (χ1) is 9.78. The zero-order chi connectivity index (χ0) is 15.4. The van der Waals surface area contributed by atoms with Crippen LogP contribution in [0.1, 0.15) is 5.56 Å². The van der Waals surface area contributed by atoms with E-state index in [1.165, 1.54) is 25.1 Å². The van der Waals surface area contributed by atoms with Crippen molar-refractivity contribution in [3.05, 3.63) is 41.5 Å². The number of hydrogen-bond donors (Lipinski definition) is 0. The van der Waals surface area contributed by atoms with Crippen molar-refractivity contribution in [1.29, 1.82) is 0 Å². The number of halogens is 5. The molecule has 1 heterocycles. The highest BCUT2D eigenvalue weighted by molar-refractivity contribution is 6.05. The van der Waals surface area contributed by atoms with Crippen molar-refractivity contribution >= 4 is 21.9 Å². The Morgan fingerprint density at radius 2 is 1.48 bits per heavy atom. The monoisotopic (exact) mass is 302 g/mol. The first-order valence-corrected chi connectivity index (χ1v) is 5.83. The maximum absolute atomic E-state index is 14.0. The molecule has 0 saturated heterocycles. The van der Waals surface area contributed by atoms with E-state index in [0.29, 0.717) is 0 Å². The highest BCUT2D eigenvalue weighted by atomic mass is 19.4. The molecule has 0 atom stereocenters. The van der Waals surface area contributed by atoms with Crippen molar-refractivity contribution in [2.45, 2.75) is 13.3 Å². The summed E-state index contributed by atoms with van der Waals surface area (Å²) >= 11 is 0. The summed E-state index contributed by atoms with van der Waals surface area (Å²) in [6.45, 7) is 1.50. The number of hydrogen-bond acceptors (Lipinski definition) is 2. The van der Waals surface area contributed by atoms with Crippen molar-refractivity contribution < 1.29 is 31.1 Å². The molecule has 0 spiro atoms. The van der Waals surface area contributed by atoms with Crippen molar-refractivity contribution in [1.82, 2.24) is 0 Å². The number of benzene rings is 2. The Hall–Kier alpha value is -2.31. The zero-order valence-electron chi connectivity index (χ0n) is 10.5. The first kappa shape index (κ1) is 13.7. The van der Waals surface area contributed by atoms with Gasteiger partial charge in [-0.2, -0.15) is 4.39 Å². The fourth-order valence-corrected chi connectivity index (χ4v) is 2.12. The van der Waals surface area contributed by atoms with E-state index in [9.17, 15) is 22.0 Å². The molecule has 0 saturated carbocycles. The van der Waals surface area contributed by atoms with Crippen molar-refractivity contribution in [3.8, 4) is 5.75 Å². The molecule has 0 fully saturated rings. The normalized spacial score (nSPS) is 12.3. The molecule has 0 bridgehead atoms. The topological polar surface area (TPSA) is 22.4 Å². The number of rotatable bonds is 1. The van der Waals surface area contributed by atoms with Gasteiger partial charge in [0.1, 0.15) is 0 Å². The molecule has 0 radical (unpaired) electrons. The fraction of sp³-hybridized carbons (Fsp3) is 0.143. The Labute approximate surface area is 114 Å². The minimum atomic E-state index is -5.03. The van der Waals surface area contributed by atoms with Crippen molar-refractivity contribution in [3.63, 3.8) is 0 Å². The van der Waals surface area contributed by atoms with Crippen LogP contribution in [0.2, 0.25) is 0 Å². The molecule has 1 aromatic heterocycles. The fourth-order valence-electron chi connectivity index (χ4n) is 2.12. The van der Waals surface area contributed by atoms with Gasteiger partial charge in [0.2, 0.25) is 5.82 Å². The Kier molecular flexibility index (Phi) is 2.82. The van der Waals surface area contributed by atoms with Crippen LogP contribution in [0.15, 0.2) is 28.7 Å². The lowest BCUT2D eigenvalue weighted by Crippen LogP contribution is -2.17. The van der Waals surface area contributed by atoms with E-state index < -0.39 is 29.3 Å². The zero-order valence-corrected chi connectivity index (χ0v) is 10.5. The third kappa shape index (κ3) is 2.18. The Morgan fingerprint density at radius 3 is 2.10 bits per heavy atom. The van der Waals surface area contributed by atoms with E-state index >= 15 is 0 Å². The van der Waals surface area contributed by atoms with Gasteiger partial charge in [-0.05, 0) is 24.6 Å². The van der Waals surface area contributed by atoms with E-state index in [1.807, 2.05) is 0 Å². The second kappa shape index (κ2) is 4.34. The van der Waals surface area contributed by atoms with Gasteiger partial charge in [-0.15, -0.1) is 13.2 Å². The molecule has 0 amide bonds. The smallest absolute Gasteiger partial charge is 0.450 e. The van der Waals surface area contributed by atoms with Crippen molar-refractivity contribution in [2.24, 2.45) is 0 Å². The average molecular weight is 302 g/mol. The molecular weight excluding hydrogens is 295 g/mol. The molecule has 2 aromatic carbocycles. The van der Waals surface area contributed by atoms with Gasteiger partial charge in [0.05, 0.1) is 0 Å². The Morgan fingerprint density at radius 1 is 0.905 bits per heavy atom. The summed E-state index contributed by atoms with van der Waals surface area (Å²) in [6.07, 6.45) is -5.03. The SMILES string of the molecule is Cc1ccc2c(oc3c(F)c(OC(F)(F)F)ccc32)c1F. The predicted octanol–water partition coefficient (Wildman–Crippen LogP) is 5.07. The standard InChI is InChI=1S/C14H7F5O2/c1-6-2-3-7-8-4-5-9(21-14(17,18)19)11(16)13(8)20-12(7)10(6)15/h2-5H,1H3. The van der Waals surface area contributed by atoms with Crippen LogP contribution < -0.4 is 4.74 Å². The number of alkyl halides is 3. The predicted molar refractivity (Wildman–Crippen MR) is 65.1 cm³/mol. The summed E-state index contributed by atoms with van der Waals surface area (Å²) in [5.41, 5.74) is -0.391. The molecule has 110 valence electrons. The second-order valence-corrected chi connectivity index (χ2v) is 4.48. The molecule has 3 aromatic rings. The highest BCUT2D eigenvalue weighted by Crippen LogP contribution is 2.37. The van der Waals surface area contributed by atoms with Crippen LogP contribution in [0, 0.1) is 18.6 Å². The van der Waals surface area contributed by atoms with Crippen LogP contribution in [0.3, 0.4) is 0 Å². The molecule has 0 N–H and O–H groups in total. The Balaban J connectivity index is 2.29. The van der Waals surface area contributed by atoms with Crippen LogP contribution >= 0.6 is 0 Å². The Bertz CT molecular complexity index is 848. The molecule has 3 rings (SSSR count). The quantitative estimate of drug-likeness (QED) is 0.585. The molecule has 21 heavy (non-hydrogen) atoms. The summed E-state index contributed by atoms with van der Waals surface area (Å²) in [7, 11) is 0. The van der Waals surface area contributed by atoms with Crippen LogP contribution in [0.4, 0.5) is 22.0 Å². The summed E-state index contributed by atoms with van der Waals surface area (Å²) in [4.78, 5) is 0. The van der Waals surface area contributed by atoms with E-state index in [2.05, 4.69) is 4.74 Å². The third-order valence-corrected chi connectivity index (χ3v) is 3.07. The minimum absolute atomic E-state index is 0.177. The van der Waals surface area contributed by atoms with Gasteiger partial charge in [0.15, 0.2) is 22.7 Å². The lowest BCUT2D eigenvalue weighted by atomic mass is 10.1. The number of furan rings is 1. The molecular formula is C14H7F5O2. The van der Waals surface area contributed by atoms with Crippen LogP contribution in [0.25, 0.3) is 21.9 Å². The summed E-state index contributed by atoms with van der Waals surface area (Å²) < 4.78 is 73.0. The molecule has 0 aliphatic rings. The maximum Gasteiger partial charge on any atom is 0.573 e. The molecule has 0 unspecified atom stereocenters. The van der Waals surface area contributed by atoms with Gasteiger partial charge in [-0.3, -0.25) is 0 Å². The average Bonchev–Trinajstić information content (AvgIpc) is 2.76. The summed E-state index contributed by atoms with van der Waals surface area (Å²) in [5, 5.41) is 0.460. The van der Waals surface area contributed by atoms with Gasteiger partial charge in [-0.25, -0.2) is 4.39 Å². The second-order valence-electron chi connectivity index (χ2n) is 4.48. The molecule has 0 aliphatic carbocycles. The molecule has 0 aliphatic heterocycles. The minimum Gasteiger partial charge on any atom is -0.450 e. The van der Waals surface area contributed by atoms with Crippen LogP contribution in [0.5, 0.6) is 5.75 Å². The third-order valence-electron chi connectivity index (χ3n) is 3.07. The van der Waals surface area contributed by atoms with Gasteiger partial charge < -0.3 is 9.15 Å². The maximum atomic E-state index is 14.0. The summed E-state index contributed by atoms with van der Waals surface area (Å²) in [5.74, 6) is -3.02. The van der Waals surface area contributed by atoms with Gasteiger partial charge >= 0.3 is 6.36 Å². The van der Waals surface area contributed by atoms with Crippen LogP contribution in [-0.2, 0) is 0 Å². The number of fused-ring (bicyclic) bond motifs is 3. The highest BCUT2D eigenvalue weighted by Gasteiger charge is 2.33. The summed E-state index contributed by atoms with van der Waals surface area (Å²) in [6, 6.07) is 5.02. The molecule has 2 nitrogen and oxygen atoms in total. The molecule has 7 heteroatoms. The number of aryl methyl sites for hydroxylation is 1. The van der Waals surface area contributed by atoms with Crippen LogP contribution in [-0.4, -0.2) is 6.36 Å². The van der Waals surface area contributed by atoms with E-state index in [4.69, 9.17) is 4.42 Å². The number of ether oxygens (including phenoxy) is 1. The van der Waals surface area contributed by atoms with Gasteiger partial charge in [-0.1, -0.05) is 12.1 Å². The van der Waals surface area contributed by atoms with Gasteiger partial charge in [0.25, 0.3) is 0 Å². The van der Waals surface area contributed by atoms with E-state index in [1.54, 1.807) is 0 Å². The van der Waals surface area contributed by atoms with Crippen molar-refractivity contribution in [2.75, 3.05) is 0 Å². The largest absolute Gasteiger partial charge is 0.573 e.